The van der Waals surface area contributed by atoms with Crippen molar-refractivity contribution in [2.45, 2.75) is 50.5 Å². The Bertz CT molecular complexity index is 618. The van der Waals surface area contributed by atoms with Gasteiger partial charge < -0.3 is 25.3 Å². The molecule has 6 nitrogen and oxygen atoms in total. The molecule has 1 saturated carbocycles. The molecular weight excluding hydrogens is 445 g/mol. The van der Waals surface area contributed by atoms with Gasteiger partial charge in [-0.2, -0.15) is 0 Å². The molecule has 1 aromatic rings. The van der Waals surface area contributed by atoms with E-state index in [9.17, 15) is 0 Å². The van der Waals surface area contributed by atoms with E-state index in [-0.39, 0.29) is 35.4 Å². The molecule has 3 N–H and O–H groups in total. The average molecular weight is 475 g/mol. The fourth-order valence-corrected chi connectivity index (χ4v) is 3.82. The highest BCUT2D eigenvalue weighted by Gasteiger charge is 2.35. The van der Waals surface area contributed by atoms with Gasteiger partial charge in [0.25, 0.3) is 0 Å². The van der Waals surface area contributed by atoms with Crippen LogP contribution in [0.25, 0.3) is 0 Å². The normalized spacial score (nSPS) is 19.5. The number of nitrogens with one attached hydrogen (secondary N) is 1. The molecule has 146 valence electrons. The van der Waals surface area contributed by atoms with Gasteiger partial charge >= 0.3 is 0 Å². The molecule has 1 fully saturated rings. The van der Waals surface area contributed by atoms with E-state index in [1.807, 2.05) is 13.0 Å². The van der Waals surface area contributed by atoms with Gasteiger partial charge in [-0.1, -0.05) is 25.3 Å². The van der Waals surface area contributed by atoms with Crippen LogP contribution in [0, 0.1) is 0 Å². The van der Waals surface area contributed by atoms with E-state index in [0.29, 0.717) is 25.9 Å². The number of guanidine groups is 1. The summed E-state index contributed by atoms with van der Waals surface area (Å²) in [5.74, 6) is 2.15. The Morgan fingerprint density at radius 2 is 2.00 bits per heavy atom. The lowest BCUT2D eigenvalue weighted by atomic mass is 9.69. The number of fused-ring (bicyclic) bond motifs is 1. The molecular formula is C19H30IN3O3. The van der Waals surface area contributed by atoms with Crippen LogP contribution in [0.3, 0.4) is 0 Å². The predicted octanol–water partition coefficient (Wildman–Crippen LogP) is 3.17. The summed E-state index contributed by atoms with van der Waals surface area (Å²) in [5.41, 5.74) is 7.39. The van der Waals surface area contributed by atoms with Crippen molar-refractivity contribution in [3.8, 4) is 11.5 Å². The van der Waals surface area contributed by atoms with Crippen molar-refractivity contribution < 1.29 is 14.2 Å². The summed E-state index contributed by atoms with van der Waals surface area (Å²) in [6.07, 6.45) is 5.97. The first-order valence-electron chi connectivity index (χ1n) is 9.08. The monoisotopic (exact) mass is 475 g/mol. The SMILES string of the molecule is COCC(C)NC(N)=NCC1(c2ccc3c(c2)OCO3)CCCCC1.I. The molecule has 1 aromatic carbocycles. The molecule has 0 amide bonds. The Labute approximate surface area is 172 Å². The Kier molecular flexibility index (Phi) is 7.82. The molecule has 0 saturated heterocycles. The second-order valence-corrected chi connectivity index (χ2v) is 7.11. The molecule has 1 aliphatic heterocycles. The predicted molar refractivity (Wildman–Crippen MR) is 114 cm³/mol. The van der Waals surface area contributed by atoms with Gasteiger partial charge in [-0.3, -0.25) is 4.99 Å². The highest BCUT2D eigenvalue weighted by atomic mass is 127. The Hall–Kier alpha value is -1.22. The minimum absolute atomic E-state index is 0. The summed E-state index contributed by atoms with van der Waals surface area (Å²) in [4.78, 5) is 4.67. The zero-order chi connectivity index (χ0) is 17.7. The minimum atomic E-state index is 0. The van der Waals surface area contributed by atoms with Gasteiger partial charge in [0.2, 0.25) is 6.79 Å². The molecule has 2 aliphatic rings. The third-order valence-electron chi connectivity index (χ3n) is 5.16. The van der Waals surface area contributed by atoms with E-state index < -0.39 is 0 Å². The Morgan fingerprint density at radius 3 is 2.73 bits per heavy atom. The molecule has 1 aliphatic carbocycles. The van der Waals surface area contributed by atoms with E-state index in [2.05, 4.69) is 22.4 Å². The van der Waals surface area contributed by atoms with Crippen molar-refractivity contribution in [3.05, 3.63) is 23.8 Å². The number of halogens is 1. The molecule has 1 atom stereocenters. The van der Waals surface area contributed by atoms with Gasteiger partial charge in [0.05, 0.1) is 13.2 Å². The minimum Gasteiger partial charge on any atom is -0.454 e. The van der Waals surface area contributed by atoms with Crippen LogP contribution >= 0.6 is 24.0 Å². The lowest BCUT2D eigenvalue weighted by Gasteiger charge is -2.37. The average Bonchev–Trinajstić information content (AvgIpc) is 3.09. The number of hydrogen-bond donors (Lipinski definition) is 2. The number of aliphatic imine (C=N–C) groups is 1. The highest BCUT2D eigenvalue weighted by Crippen LogP contribution is 2.43. The molecule has 26 heavy (non-hydrogen) atoms. The number of nitrogens with two attached hydrogens (primary N) is 1. The first kappa shape index (κ1) is 21.1. The van der Waals surface area contributed by atoms with E-state index in [0.717, 1.165) is 24.3 Å². The fourth-order valence-electron chi connectivity index (χ4n) is 3.82. The maximum absolute atomic E-state index is 6.09. The number of hydrogen-bond acceptors (Lipinski definition) is 4. The van der Waals surface area contributed by atoms with Crippen molar-refractivity contribution in [2.24, 2.45) is 10.7 Å². The van der Waals surface area contributed by atoms with Crippen LogP contribution < -0.4 is 20.5 Å². The number of benzene rings is 1. The quantitative estimate of drug-likeness (QED) is 0.376. The van der Waals surface area contributed by atoms with E-state index in [1.54, 1.807) is 7.11 Å². The molecule has 3 rings (SSSR count). The second-order valence-electron chi connectivity index (χ2n) is 7.11. The van der Waals surface area contributed by atoms with Gasteiger partial charge in [0, 0.05) is 18.6 Å². The van der Waals surface area contributed by atoms with Crippen LogP contribution in [0.5, 0.6) is 11.5 Å². The third kappa shape index (κ3) is 4.94. The summed E-state index contributed by atoms with van der Waals surface area (Å²) < 4.78 is 16.2. The smallest absolute Gasteiger partial charge is 0.231 e. The lowest BCUT2D eigenvalue weighted by Crippen LogP contribution is -2.42. The zero-order valence-corrected chi connectivity index (χ0v) is 18.0. The number of nitrogens with zero attached hydrogens (tertiary/aromatic N) is 1. The van der Waals surface area contributed by atoms with Crippen LogP contribution in [-0.4, -0.2) is 39.1 Å². The summed E-state index contributed by atoms with van der Waals surface area (Å²) in [6.45, 7) is 3.62. The molecule has 0 bridgehead atoms. The summed E-state index contributed by atoms with van der Waals surface area (Å²) in [6, 6.07) is 6.44. The molecule has 0 radical (unpaired) electrons. The summed E-state index contributed by atoms with van der Waals surface area (Å²) in [7, 11) is 1.68. The molecule has 7 heteroatoms. The standard InChI is InChI=1S/C19H29N3O3.HI/c1-14(11-23-2)22-18(20)21-12-19(8-4-3-5-9-19)15-6-7-16-17(10-15)25-13-24-16;/h6-7,10,14H,3-5,8-9,11-13H2,1-2H3,(H3,20,21,22);1H. The first-order chi connectivity index (χ1) is 12.1. The van der Waals surface area contributed by atoms with E-state index in [4.69, 9.17) is 19.9 Å². The van der Waals surface area contributed by atoms with Gasteiger partial charge in [-0.15, -0.1) is 24.0 Å². The topological polar surface area (TPSA) is 78.1 Å². The van der Waals surface area contributed by atoms with Crippen molar-refractivity contribution in [2.75, 3.05) is 27.1 Å². The van der Waals surface area contributed by atoms with Crippen LogP contribution in [0.2, 0.25) is 0 Å². The maximum atomic E-state index is 6.09. The fraction of sp³-hybridized carbons (Fsp3) is 0.632. The largest absolute Gasteiger partial charge is 0.454 e. The van der Waals surface area contributed by atoms with Gasteiger partial charge in [0.15, 0.2) is 17.5 Å². The Morgan fingerprint density at radius 1 is 1.27 bits per heavy atom. The summed E-state index contributed by atoms with van der Waals surface area (Å²) in [5, 5.41) is 3.19. The zero-order valence-electron chi connectivity index (χ0n) is 15.6. The summed E-state index contributed by atoms with van der Waals surface area (Å²) >= 11 is 0. The molecule has 1 unspecified atom stereocenters. The number of methoxy groups -OCH3 is 1. The first-order valence-corrected chi connectivity index (χ1v) is 9.08. The number of ether oxygens (including phenoxy) is 3. The third-order valence-corrected chi connectivity index (χ3v) is 5.16. The van der Waals surface area contributed by atoms with Crippen LogP contribution in [0.15, 0.2) is 23.2 Å². The molecule has 0 aromatic heterocycles. The molecule has 1 heterocycles. The lowest BCUT2D eigenvalue weighted by molar-refractivity contribution is 0.174. The molecule has 0 spiro atoms. The van der Waals surface area contributed by atoms with Crippen LogP contribution in [-0.2, 0) is 10.2 Å². The van der Waals surface area contributed by atoms with Gasteiger partial charge in [-0.25, -0.2) is 0 Å². The Balaban J connectivity index is 0.00000243. The van der Waals surface area contributed by atoms with Crippen molar-refractivity contribution in [1.29, 1.82) is 0 Å². The van der Waals surface area contributed by atoms with Gasteiger partial charge in [0.1, 0.15) is 0 Å². The maximum Gasteiger partial charge on any atom is 0.231 e. The van der Waals surface area contributed by atoms with Crippen molar-refractivity contribution in [3.63, 3.8) is 0 Å². The van der Waals surface area contributed by atoms with Crippen LogP contribution in [0.4, 0.5) is 0 Å². The highest BCUT2D eigenvalue weighted by molar-refractivity contribution is 14.0. The van der Waals surface area contributed by atoms with Crippen molar-refractivity contribution >= 4 is 29.9 Å². The van der Waals surface area contributed by atoms with Crippen molar-refractivity contribution in [1.82, 2.24) is 5.32 Å². The van der Waals surface area contributed by atoms with Gasteiger partial charge in [-0.05, 0) is 37.5 Å². The number of rotatable bonds is 6. The van der Waals surface area contributed by atoms with E-state index >= 15 is 0 Å². The van der Waals surface area contributed by atoms with Crippen LogP contribution in [0.1, 0.15) is 44.6 Å². The van der Waals surface area contributed by atoms with E-state index in [1.165, 1.54) is 24.8 Å². The second kappa shape index (κ2) is 9.64.